The third-order valence-corrected chi connectivity index (χ3v) is 8.50. The molecule has 0 bridgehead atoms. The van der Waals surface area contributed by atoms with E-state index < -0.39 is 5.60 Å². The average molecular weight is 448 g/mol. The fourth-order valence-electron chi connectivity index (χ4n) is 6.97. The molecule has 6 rings (SSSR count). The molecule has 3 aliphatic rings. The number of fused-ring (bicyclic) bond motifs is 4. The van der Waals surface area contributed by atoms with Crippen LogP contribution in [0.1, 0.15) is 47.6 Å². The zero-order valence-electron chi connectivity index (χ0n) is 19.8. The minimum absolute atomic E-state index is 0.0677. The molecule has 4 nitrogen and oxygen atoms in total. The Kier molecular flexibility index (Phi) is 4.69. The van der Waals surface area contributed by atoms with Crippen LogP contribution in [0, 0.1) is 28.1 Å². The Morgan fingerprint density at radius 1 is 0.971 bits per heavy atom. The second-order valence-corrected chi connectivity index (χ2v) is 10.2. The monoisotopic (exact) mass is 447 g/mol. The first kappa shape index (κ1) is 21.1. The lowest BCUT2D eigenvalue weighted by molar-refractivity contribution is -0.284. The number of rotatable bonds is 2. The van der Waals surface area contributed by atoms with Gasteiger partial charge in [-0.25, -0.2) is 5.06 Å². The van der Waals surface area contributed by atoms with E-state index in [2.05, 4.69) is 61.5 Å². The van der Waals surface area contributed by atoms with Crippen LogP contribution < -0.4 is 0 Å². The topological polar surface area (TPSA) is 60.1 Å². The maximum Gasteiger partial charge on any atom is 0.131 e. The summed E-state index contributed by atoms with van der Waals surface area (Å²) < 4.78 is 0. The van der Waals surface area contributed by atoms with Gasteiger partial charge in [-0.3, -0.25) is 10.2 Å². The lowest BCUT2D eigenvalue weighted by Crippen LogP contribution is -2.58. The number of amidine groups is 1. The summed E-state index contributed by atoms with van der Waals surface area (Å²) in [6, 6.07) is 25.7. The molecule has 2 unspecified atom stereocenters. The van der Waals surface area contributed by atoms with Gasteiger partial charge in [-0.15, -0.1) is 0 Å². The quantitative estimate of drug-likeness (QED) is 0.522. The highest BCUT2D eigenvalue weighted by molar-refractivity contribution is 5.79. The summed E-state index contributed by atoms with van der Waals surface area (Å²) in [5.74, 6) is 0.780. The normalized spacial score (nSPS) is 24.3. The van der Waals surface area contributed by atoms with E-state index in [0.29, 0.717) is 11.4 Å². The fourth-order valence-corrected chi connectivity index (χ4v) is 6.97. The molecule has 2 atom stereocenters. The highest BCUT2D eigenvalue weighted by Gasteiger charge is 2.66. The molecule has 1 fully saturated rings. The van der Waals surface area contributed by atoms with E-state index in [0.717, 1.165) is 43.2 Å². The van der Waals surface area contributed by atoms with Crippen molar-refractivity contribution in [2.45, 2.75) is 44.6 Å². The predicted molar refractivity (Wildman–Crippen MR) is 133 cm³/mol. The van der Waals surface area contributed by atoms with Gasteiger partial charge in [0, 0.05) is 24.8 Å². The second kappa shape index (κ2) is 7.55. The van der Waals surface area contributed by atoms with Gasteiger partial charge in [0.1, 0.15) is 11.4 Å². The molecule has 170 valence electrons. The zero-order chi connectivity index (χ0) is 23.5. The molecule has 0 amide bonds. The molecule has 4 heteroatoms. The molecular formula is C30H29N3O. The summed E-state index contributed by atoms with van der Waals surface area (Å²) in [5, 5.41) is 19.7. The third-order valence-electron chi connectivity index (χ3n) is 8.50. The Bertz CT molecular complexity index is 1330. The maximum atomic E-state index is 9.41. The van der Waals surface area contributed by atoms with Gasteiger partial charge in [-0.1, -0.05) is 55.5 Å². The van der Waals surface area contributed by atoms with Crippen LogP contribution in [0.5, 0.6) is 0 Å². The van der Waals surface area contributed by atoms with Gasteiger partial charge in [0.25, 0.3) is 0 Å². The summed E-state index contributed by atoms with van der Waals surface area (Å²) in [7, 11) is 1.89. The molecule has 0 radical (unpaired) electrons. The largest absolute Gasteiger partial charge is 0.287 e. The van der Waals surface area contributed by atoms with Crippen LogP contribution in [-0.2, 0) is 29.7 Å². The van der Waals surface area contributed by atoms with E-state index in [4.69, 9.17) is 10.2 Å². The van der Waals surface area contributed by atoms with Crippen LogP contribution in [-0.4, -0.2) is 17.9 Å². The first-order valence-electron chi connectivity index (χ1n) is 12.2. The van der Waals surface area contributed by atoms with E-state index in [1.54, 1.807) is 5.06 Å². The zero-order valence-corrected chi connectivity index (χ0v) is 19.8. The molecule has 34 heavy (non-hydrogen) atoms. The number of benzene rings is 3. The number of hydrogen-bond donors (Lipinski definition) is 1. The van der Waals surface area contributed by atoms with Crippen LogP contribution in [0.2, 0.25) is 0 Å². The third kappa shape index (κ3) is 2.83. The highest BCUT2D eigenvalue weighted by Crippen LogP contribution is 2.64. The molecular weight excluding hydrogens is 418 g/mol. The molecule has 1 aliphatic heterocycles. The molecule has 0 saturated carbocycles. The van der Waals surface area contributed by atoms with Gasteiger partial charge in [-0.2, -0.15) is 5.26 Å². The lowest BCUT2D eigenvalue weighted by Gasteiger charge is -2.53. The molecule has 2 aliphatic carbocycles. The van der Waals surface area contributed by atoms with Gasteiger partial charge in [-0.05, 0) is 77.3 Å². The predicted octanol–water partition coefficient (Wildman–Crippen LogP) is 6.03. The molecule has 2 spiro atoms. The Morgan fingerprint density at radius 3 is 2.38 bits per heavy atom. The summed E-state index contributed by atoms with van der Waals surface area (Å²) in [4.78, 5) is 6.94. The molecule has 1 saturated heterocycles. The van der Waals surface area contributed by atoms with E-state index in [1.807, 2.05) is 25.2 Å². The standard InChI is InChI=1S/C30H29N3O/c1-3-26-15-28(32)33(2)34-30(26)27-14-22(21-10-6-7-20(13-21)19-31)11-12-25(27)18-29(30)16-23-8-4-5-9-24(23)17-29/h4-14,26,32H,3,15-18H2,1-2H3. The van der Waals surface area contributed by atoms with Crippen molar-refractivity contribution in [3.63, 3.8) is 0 Å². The Labute approximate surface area is 201 Å². The number of nitrogens with zero attached hydrogens (tertiary/aromatic N) is 2. The number of hydroxylamine groups is 2. The van der Waals surface area contributed by atoms with Gasteiger partial charge in [0.15, 0.2) is 0 Å². The summed E-state index contributed by atoms with van der Waals surface area (Å²) >= 11 is 0. The van der Waals surface area contributed by atoms with Gasteiger partial charge in [0.05, 0.1) is 11.6 Å². The minimum atomic E-state index is -0.488. The van der Waals surface area contributed by atoms with Crippen molar-refractivity contribution in [3.8, 4) is 17.2 Å². The van der Waals surface area contributed by atoms with Crippen molar-refractivity contribution in [2.75, 3.05) is 7.05 Å². The minimum Gasteiger partial charge on any atom is -0.287 e. The fraction of sp³-hybridized carbons (Fsp3) is 0.333. The van der Waals surface area contributed by atoms with Gasteiger partial charge < -0.3 is 0 Å². The van der Waals surface area contributed by atoms with Crippen molar-refractivity contribution < 1.29 is 4.84 Å². The van der Waals surface area contributed by atoms with Gasteiger partial charge >= 0.3 is 0 Å². The Hall–Kier alpha value is -3.42. The number of nitriles is 1. The summed E-state index contributed by atoms with van der Waals surface area (Å²) in [5.41, 5.74) is 7.77. The van der Waals surface area contributed by atoms with Crippen molar-refractivity contribution in [1.82, 2.24) is 5.06 Å². The van der Waals surface area contributed by atoms with Crippen LogP contribution in [0.4, 0.5) is 0 Å². The lowest BCUT2D eigenvalue weighted by atomic mass is 9.62. The Morgan fingerprint density at radius 2 is 1.68 bits per heavy atom. The first-order chi connectivity index (χ1) is 16.5. The first-order valence-corrected chi connectivity index (χ1v) is 12.2. The summed E-state index contributed by atoms with van der Waals surface area (Å²) in [6.45, 7) is 2.24. The van der Waals surface area contributed by atoms with Crippen LogP contribution in [0.25, 0.3) is 11.1 Å². The number of nitrogens with one attached hydrogen (secondary N) is 1. The number of hydrogen-bond acceptors (Lipinski definition) is 3. The van der Waals surface area contributed by atoms with E-state index >= 15 is 0 Å². The van der Waals surface area contributed by atoms with Crippen LogP contribution >= 0.6 is 0 Å². The SMILES string of the molecule is CCC1CC(=N)N(C)OC12c1cc(-c3cccc(C#N)c3)ccc1CC21Cc2ccccc2C1. The van der Waals surface area contributed by atoms with Gasteiger partial charge in [0.2, 0.25) is 0 Å². The molecule has 0 aromatic heterocycles. The van der Waals surface area contributed by atoms with E-state index in [9.17, 15) is 5.26 Å². The molecule has 1 N–H and O–H groups in total. The Balaban J connectivity index is 1.56. The van der Waals surface area contributed by atoms with Crippen molar-refractivity contribution in [2.24, 2.45) is 11.3 Å². The van der Waals surface area contributed by atoms with Crippen molar-refractivity contribution in [3.05, 3.63) is 94.5 Å². The van der Waals surface area contributed by atoms with E-state index in [1.165, 1.54) is 22.3 Å². The molecule has 1 heterocycles. The summed E-state index contributed by atoms with van der Waals surface area (Å²) in [6.07, 6.45) is 4.65. The second-order valence-electron chi connectivity index (χ2n) is 10.2. The molecule has 3 aromatic rings. The smallest absolute Gasteiger partial charge is 0.131 e. The van der Waals surface area contributed by atoms with Crippen molar-refractivity contribution in [1.29, 1.82) is 10.7 Å². The van der Waals surface area contributed by atoms with E-state index in [-0.39, 0.29) is 11.3 Å². The highest BCUT2D eigenvalue weighted by atomic mass is 16.7. The molecule has 3 aromatic carbocycles. The average Bonchev–Trinajstić information content (AvgIpc) is 3.36. The maximum absolute atomic E-state index is 9.41. The van der Waals surface area contributed by atoms with Crippen LogP contribution in [0.3, 0.4) is 0 Å². The van der Waals surface area contributed by atoms with Crippen molar-refractivity contribution >= 4 is 5.84 Å². The van der Waals surface area contributed by atoms with Crippen LogP contribution in [0.15, 0.2) is 66.7 Å².